The van der Waals surface area contributed by atoms with E-state index >= 15 is 0 Å². The molecular formula is C19H27NO3. The van der Waals surface area contributed by atoms with Gasteiger partial charge >= 0.3 is 0 Å². The lowest BCUT2D eigenvalue weighted by Gasteiger charge is -2.33. The lowest BCUT2D eigenvalue weighted by atomic mass is 9.96. The van der Waals surface area contributed by atoms with Crippen LogP contribution < -0.4 is 0 Å². The van der Waals surface area contributed by atoms with E-state index in [4.69, 9.17) is 0 Å². The van der Waals surface area contributed by atoms with Gasteiger partial charge < -0.3 is 10.0 Å². The smallest absolute Gasteiger partial charge is 0.223 e. The maximum Gasteiger partial charge on any atom is 0.223 e. The number of amides is 1. The molecule has 2 rings (SSSR count). The summed E-state index contributed by atoms with van der Waals surface area (Å²) in [7, 11) is 0. The first-order valence-corrected chi connectivity index (χ1v) is 8.32. The van der Waals surface area contributed by atoms with E-state index in [1.807, 2.05) is 32.0 Å². The Bertz CT molecular complexity index is 601. The van der Waals surface area contributed by atoms with Crippen LogP contribution in [0.1, 0.15) is 61.0 Å². The average molecular weight is 317 g/mol. The Hall–Kier alpha value is -1.68. The molecule has 1 N–H and O–H groups in total. The van der Waals surface area contributed by atoms with Crippen molar-refractivity contribution in [2.45, 2.75) is 65.0 Å². The maximum absolute atomic E-state index is 12.4. The van der Waals surface area contributed by atoms with E-state index < -0.39 is 5.60 Å². The molecular weight excluding hydrogens is 290 g/mol. The quantitative estimate of drug-likeness (QED) is 0.849. The van der Waals surface area contributed by atoms with Crippen molar-refractivity contribution >= 4 is 11.7 Å². The summed E-state index contributed by atoms with van der Waals surface area (Å²) in [5.41, 5.74) is 2.01. The number of hydrogen-bond donors (Lipinski definition) is 1. The molecule has 0 radical (unpaired) electrons. The van der Waals surface area contributed by atoms with Crippen LogP contribution in [0, 0.1) is 13.8 Å². The van der Waals surface area contributed by atoms with Gasteiger partial charge in [0.25, 0.3) is 0 Å². The molecule has 1 heterocycles. The highest BCUT2D eigenvalue weighted by atomic mass is 16.3. The normalized spacial score (nSPS) is 18.3. The van der Waals surface area contributed by atoms with Crippen LogP contribution in [0.3, 0.4) is 0 Å². The van der Waals surface area contributed by atoms with Gasteiger partial charge in [-0.1, -0.05) is 12.1 Å². The van der Waals surface area contributed by atoms with Crippen molar-refractivity contribution in [3.05, 3.63) is 34.9 Å². The van der Waals surface area contributed by atoms with Crippen molar-refractivity contribution in [2.75, 3.05) is 6.54 Å². The largest absolute Gasteiger partial charge is 0.388 e. The predicted molar refractivity (Wildman–Crippen MR) is 90.5 cm³/mol. The van der Waals surface area contributed by atoms with E-state index in [1.165, 1.54) is 0 Å². The highest BCUT2D eigenvalue weighted by Gasteiger charge is 2.38. The van der Waals surface area contributed by atoms with Gasteiger partial charge in [-0.2, -0.15) is 0 Å². The zero-order chi connectivity index (χ0) is 17.2. The summed E-state index contributed by atoms with van der Waals surface area (Å²) in [6.07, 6.45) is 2.15. The first kappa shape index (κ1) is 17.7. The number of carbonyl (C=O) groups is 2. The van der Waals surface area contributed by atoms with Gasteiger partial charge in [0.05, 0.1) is 11.6 Å². The number of ketones is 1. The van der Waals surface area contributed by atoms with Crippen LogP contribution in [0.2, 0.25) is 0 Å². The Labute approximate surface area is 138 Å². The lowest BCUT2D eigenvalue weighted by molar-refractivity contribution is -0.136. The molecule has 1 aliphatic rings. The third-order valence-electron chi connectivity index (χ3n) is 4.78. The molecule has 1 aromatic rings. The van der Waals surface area contributed by atoms with E-state index in [0.717, 1.165) is 24.0 Å². The Morgan fingerprint density at radius 1 is 1.22 bits per heavy atom. The van der Waals surface area contributed by atoms with Gasteiger partial charge in [0.1, 0.15) is 0 Å². The number of aliphatic hydroxyl groups is 1. The van der Waals surface area contributed by atoms with Gasteiger partial charge in [-0.25, -0.2) is 0 Å². The molecule has 1 aliphatic heterocycles. The first-order chi connectivity index (χ1) is 10.7. The molecule has 1 saturated heterocycles. The molecule has 126 valence electrons. The van der Waals surface area contributed by atoms with Gasteiger partial charge in [-0.05, 0) is 57.7 Å². The Balaban J connectivity index is 1.96. The third-order valence-corrected chi connectivity index (χ3v) is 4.78. The van der Waals surface area contributed by atoms with Gasteiger partial charge in [0.15, 0.2) is 5.78 Å². The summed E-state index contributed by atoms with van der Waals surface area (Å²) in [5.74, 6) is -0.0349. The number of Topliss-reactive ketones (excluding diaryl/α,β-unsaturated/α-hetero) is 1. The fourth-order valence-electron chi connectivity index (χ4n) is 3.22. The fourth-order valence-corrected chi connectivity index (χ4v) is 3.22. The van der Waals surface area contributed by atoms with Gasteiger partial charge in [0.2, 0.25) is 5.91 Å². The SMILES string of the molecule is Cc1ccc(C(=O)CCC(=O)N2CCCC2C(C)(C)O)cc1C. The second-order valence-electron chi connectivity index (χ2n) is 7.12. The summed E-state index contributed by atoms with van der Waals surface area (Å²) < 4.78 is 0. The van der Waals surface area contributed by atoms with Crippen LogP contribution in [0.5, 0.6) is 0 Å². The van der Waals surface area contributed by atoms with Gasteiger partial charge in [-0.3, -0.25) is 9.59 Å². The minimum absolute atomic E-state index is 0.000422. The van der Waals surface area contributed by atoms with Crippen LogP contribution in [0.15, 0.2) is 18.2 Å². The topological polar surface area (TPSA) is 57.6 Å². The van der Waals surface area contributed by atoms with Crippen LogP contribution in [-0.2, 0) is 4.79 Å². The number of likely N-dealkylation sites (tertiary alicyclic amines) is 1. The first-order valence-electron chi connectivity index (χ1n) is 8.32. The third kappa shape index (κ3) is 4.20. The van der Waals surface area contributed by atoms with Gasteiger partial charge in [0, 0.05) is 24.9 Å². The molecule has 1 aromatic carbocycles. The van der Waals surface area contributed by atoms with E-state index in [-0.39, 0.29) is 30.6 Å². The van der Waals surface area contributed by atoms with E-state index in [9.17, 15) is 14.7 Å². The molecule has 0 spiro atoms. The fraction of sp³-hybridized carbons (Fsp3) is 0.579. The zero-order valence-corrected chi connectivity index (χ0v) is 14.6. The molecule has 0 aliphatic carbocycles. The highest BCUT2D eigenvalue weighted by Crippen LogP contribution is 2.27. The van der Waals surface area contributed by atoms with Crippen LogP contribution in [0.25, 0.3) is 0 Å². The Morgan fingerprint density at radius 3 is 2.52 bits per heavy atom. The van der Waals surface area contributed by atoms with Crippen LogP contribution >= 0.6 is 0 Å². The van der Waals surface area contributed by atoms with Gasteiger partial charge in [-0.15, -0.1) is 0 Å². The number of rotatable bonds is 5. The molecule has 4 heteroatoms. The second-order valence-corrected chi connectivity index (χ2v) is 7.12. The summed E-state index contributed by atoms with van der Waals surface area (Å²) in [5, 5.41) is 10.2. The second kappa shape index (κ2) is 6.83. The van der Waals surface area contributed by atoms with Crippen molar-refractivity contribution in [1.82, 2.24) is 4.90 Å². The number of carbonyl (C=O) groups excluding carboxylic acids is 2. The van der Waals surface area contributed by atoms with Crippen molar-refractivity contribution in [1.29, 1.82) is 0 Å². The Morgan fingerprint density at radius 2 is 1.91 bits per heavy atom. The molecule has 4 nitrogen and oxygen atoms in total. The van der Waals surface area contributed by atoms with E-state index in [0.29, 0.717) is 12.1 Å². The zero-order valence-electron chi connectivity index (χ0n) is 14.6. The van der Waals surface area contributed by atoms with E-state index in [1.54, 1.807) is 18.7 Å². The summed E-state index contributed by atoms with van der Waals surface area (Å²) in [6.45, 7) is 8.14. The number of benzene rings is 1. The van der Waals surface area contributed by atoms with Crippen molar-refractivity contribution < 1.29 is 14.7 Å². The molecule has 1 unspecified atom stereocenters. The molecule has 23 heavy (non-hydrogen) atoms. The molecule has 0 saturated carbocycles. The summed E-state index contributed by atoms with van der Waals surface area (Å²) in [4.78, 5) is 26.5. The minimum atomic E-state index is -0.899. The Kier molecular flexibility index (Phi) is 5.25. The predicted octanol–water partition coefficient (Wildman–Crippen LogP) is 3.03. The van der Waals surface area contributed by atoms with Crippen LogP contribution in [-0.4, -0.2) is 39.9 Å². The monoisotopic (exact) mass is 317 g/mol. The number of nitrogens with zero attached hydrogens (tertiary/aromatic N) is 1. The summed E-state index contributed by atoms with van der Waals surface area (Å²) in [6, 6.07) is 5.50. The molecule has 1 atom stereocenters. The number of hydrogen-bond acceptors (Lipinski definition) is 3. The molecule has 1 amide bonds. The van der Waals surface area contributed by atoms with Crippen molar-refractivity contribution in [3.63, 3.8) is 0 Å². The standard InChI is InChI=1S/C19H27NO3/c1-13-7-8-15(12-14(13)2)16(21)9-10-18(22)20-11-5-6-17(20)19(3,4)23/h7-8,12,17,23H,5-6,9-11H2,1-4H3. The maximum atomic E-state index is 12.4. The number of aryl methyl sites for hydroxylation is 2. The van der Waals surface area contributed by atoms with Crippen LogP contribution in [0.4, 0.5) is 0 Å². The molecule has 0 aromatic heterocycles. The van der Waals surface area contributed by atoms with E-state index in [2.05, 4.69) is 0 Å². The van der Waals surface area contributed by atoms with Crippen molar-refractivity contribution in [2.24, 2.45) is 0 Å². The summed E-state index contributed by atoms with van der Waals surface area (Å²) >= 11 is 0. The molecule has 0 bridgehead atoms. The molecule has 1 fully saturated rings. The lowest BCUT2D eigenvalue weighted by Crippen LogP contribution is -2.48. The minimum Gasteiger partial charge on any atom is -0.388 e. The average Bonchev–Trinajstić information content (AvgIpc) is 2.97. The van der Waals surface area contributed by atoms with Crippen molar-refractivity contribution in [3.8, 4) is 0 Å². The highest BCUT2D eigenvalue weighted by molar-refractivity contribution is 5.98.